The second-order valence-corrected chi connectivity index (χ2v) is 3.93. The lowest BCUT2D eigenvalue weighted by Gasteiger charge is -2.10. The molecule has 0 amide bonds. The highest BCUT2D eigenvalue weighted by Gasteiger charge is 1.98. The average molecular weight is 223 g/mol. The lowest BCUT2D eigenvalue weighted by molar-refractivity contribution is 0.0631. The van der Waals surface area contributed by atoms with E-state index in [-0.39, 0.29) is 6.10 Å². The van der Waals surface area contributed by atoms with Crippen LogP contribution in [-0.2, 0) is 4.74 Å². The van der Waals surface area contributed by atoms with Gasteiger partial charge in [0.25, 0.3) is 0 Å². The largest absolute Gasteiger partial charge is 0.494 e. The van der Waals surface area contributed by atoms with E-state index in [1.165, 1.54) is 5.56 Å². The minimum Gasteiger partial charge on any atom is -0.494 e. The maximum Gasteiger partial charge on any atom is 0.119 e. The van der Waals surface area contributed by atoms with Crippen molar-refractivity contribution in [1.29, 1.82) is 0 Å². The summed E-state index contributed by atoms with van der Waals surface area (Å²) in [4.78, 5) is 0. The summed E-state index contributed by atoms with van der Waals surface area (Å²) in [6, 6.07) is 8.06. The minimum atomic E-state index is 0.138. The Bertz CT molecular complexity index is 284. The number of hydrogen-bond acceptors (Lipinski definition) is 3. The highest BCUT2D eigenvalue weighted by molar-refractivity contribution is 5.26. The summed E-state index contributed by atoms with van der Waals surface area (Å²) in [6.45, 7) is 5.98. The van der Waals surface area contributed by atoms with Gasteiger partial charge in [-0.05, 0) is 26.0 Å². The Morgan fingerprint density at radius 2 is 1.88 bits per heavy atom. The average Bonchev–Trinajstić information content (AvgIpc) is 2.31. The molecule has 2 N–H and O–H groups in total. The van der Waals surface area contributed by atoms with Crippen molar-refractivity contribution in [3.8, 4) is 5.75 Å². The Hall–Kier alpha value is -1.06. The van der Waals surface area contributed by atoms with Crippen molar-refractivity contribution in [3.63, 3.8) is 0 Å². The van der Waals surface area contributed by atoms with Gasteiger partial charge in [-0.25, -0.2) is 0 Å². The summed E-state index contributed by atoms with van der Waals surface area (Å²) < 4.78 is 11.0. The second-order valence-electron chi connectivity index (χ2n) is 3.93. The van der Waals surface area contributed by atoms with Gasteiger partial charge < -0.3 is 15.2 Å². The molecule has 0 heterocycles. The van der Waals surface area contributed by atoms with E-state index in [1.54, 1.807) is 0 Å². The Morgan fingerprint density at radius 1 is 1.19 bits per heavy atom. The summed E-state index contributed by atoms with van der Waals surface area (Å²) in [5.74, 6) is 0.914. The maximum atomic E-state index is 5.57. The topological polar surface area (TPSA) is 44.5 Å². The first kappa shape index (κ1) is 13.0. The molecule has 0 aliphatic rings. The molecular weight excluding hydrogens is 202 g/mol. The summed E-state index contributed by atoms with van der Waals surface area (Å²) in [6.07, 6.45) is 1.03. The van der Waals surface area contributed by atoms with Gasteiger partial charge in [-0.15, -0.1) is 0 Å². The van der Waals surface area contributed by atoms with Gasteiger partial charge in [0.2, 0.25) is 0 Å². The Morgan fingerprint density at radius 3 is 2.50 bits per heavy atom. The van der Waals surface area contributed by atoms with E-state index in [1.807, 2.05) is 31.2 Å². The second kappa shape index (κ2) is 7.25. The summed E-state index contributed by atoms with van der Waals surface area (Å²) in [5.41, 5.74) is 6.68. The van der Waals surface area contributed by atoms with E-state index >= 15 is 0 Å². The molecule has 0 saturated heterocycles. The van der Waals surface area contributed by atoms with Crippen molar-refractivity contribution in [2.75, 3.05) is 19.8 Å². The number of nitrogens with two attached hydrogens (primary N) is 1. The van der Waals surface area contributed by atoms with Crippen molar-refractivity contribution in [1.82, 2.24) is 0 Å². The van der Waals surface area contributed by atoms with Gasteiger partial charge in [0.05, 0.1) is 19.3 Å². The van der Waals surface area contributed by atoms with Crippen LogP contribution in [0.15, 0.2) is 24.3 Å². The van der Waals surface area contributed by atoms with Crippen LogP contribution >= 0.6 is 0 Å². The fraction of sp³-hybridized carbons (Fsp3) is 0.538. The van der Waals surface area contributed by atoms with Gasteiger partial charge >= 0.3 is 0 Å². The molecule has 3 nitrogen and oxygen atoms in total. The molecule has 1 unspecified atom stereocenters. The molecule has 0 radical (unpaired) electrons. The number of rotatable bonds is 7. The molecule has 0 spiro atoms. The van der Waals surface area contributed by atoms with Crippen LogP contribution in [0, 0.1) is 6.92 Å². The SMILES string of the molecule is Cc1ccc(OCCCOC(C)CN)cc1. The molecular formula is C13H21NO2. The van der Waals surface area contributed by atoms with Crippen molar-refractivity contribution < 1.29 is 9.47 Å². The summed E-state index contributed by atoms with van der Waals surface area (Å²) >= 11 is 0. The third kappa shape index (κ3) is 5.14. The Kier molecular flexibility index (Phi) is 5.90. The molecule has 1 aromatic rings. The van der Waals surface area contributed by atoms with Gasteiger partial charge in [-0.2, -0.15) is 0 Å². The Labute approximate surface area is 97.6 Å². The van der Waals surface area contributed by atoms with E-state index in [0.717, 1.165) is 12.2 Å². The molecule has 0 bridgehead atoms. The number of aryl methyl sites for hydroxylation is 1. The van der Waals surface area contributed by atoms with E-state index in [2.05, 4.69) is 6.92 Å². The molecule has 0 saturated carbocycles. The van der Waals surface area contributed by atoms with Gasteiger partial charge in [0, 0.05) is 13.0 Å². The maximum absolute atomic E-state index is 5.57. The molecule has 3 heteroatoms. The third-order valence-electron chi connectivity index (χ3n) is 2.31. The first-order valence-electron chi connectivity index (χ1n) is 5.73. The molecule has 1 atom stereocenters. The normalized spacial score (nSPS) is 12.4. The lowest BCUT2D eigenvalue weighted by atomic mass is 10.2. The quantitative estimate of drug-likeness (QED) is 0.720. The number of hydrogen-bond donors (Lipinski definition) is 1. The van der Waals surface area contributed by atoms with Crippen molar-refractivity contribution in [3.05, 3.63) is 29.8 Å². The molecule has 0 aliphatic heterocycles. The fourth-order valence-corrected chi connectivity index (χ4v) is 1.24. The molecule has 0 aliphatic carbocycles. The first-order chi connectivity index (χ1) is 7.72. The number of benzene rings is 1. The van der Waals surface area contributed by atoms with Gasteiger partial charge in [-0.3, -0.25) is 0 Å². The van der Waals surface area contributed by atoms with E-state index in [4.69, 9.17) is 15.2 Å². The monoisotopic (exact) mass is 223 g/mol. The van der Waals surface area contributed by atoms with Crippen LogP contribution < -0.4 is 10.5 Å². The fourth-order valence-electron chi connectivity index (χ4n) is 1.24. The summed E-state index contributed by atoms with van der Waals surface area (Å²) in [7, 11) is 0. The highest BCUT2D eigenvalue weighted by Crippen LogP contribution is 2.11. The van der Waals surface area contributed by atoms with Crippen LogP contribution in [0.4, 0.5) is 0 Å². The van der Waals surface area contributed by atoms with Crippen LogP contribution in [0.3, 0.4) is 0 Å². The van der Waals surface area contributed by atoms with E-state index < -0.39 is 0 Å². The number of ether oxygens (including phenoxy) is 2. The predicted molar refractivity (Wildman–Crippen MR) is 65.8 cm³/mol. The third-order valence-corrected chi connectivity index (χ3v) is 2.31. The van der Waals surface area contributed by atoms with Crippen LogP contribution in [0.1, 0.15) is 18.9 Å². The smallest absolute Gasteiger partial charge is 0.119 e. The van der Waals surface area contributed by atoms with Crippen molar-refractivity contribution >= 4 is 0 Å². The zero-order chi connectivity index (χ0) is 11.8. The lowest BCUT2D eigenvalue weighted by Crippen LogP contribution is -2.21. The Balaban J connectivity index is 2.09. The van der Waals surface area contributed by atoms with Crippen molar-refractivity contribution in [2.24, 2.45) is 5.73 Å². The molecule has 0 aromatic heterocycles. The molecule has 1 aromatic carbocycles. The minimum absolute atomic E-state index is 0.138. The molecule has 16 heavy (non-hydrogen) atoms. The molecule has 0 fully saturated rings. The van der Waals surface area contributed by atoms with Crippen LogP contribution in [0.2, 0.25) is 0 Å². The predicted octanol–water partition coefficient (Wildman–Crippen LogP) is 2.13. The molecule has 90 valence electrons. The van der Waals surface area contributed by atoms with E-state index in [9.17, 15) is 0 Å². The van der Waals surface area contributed by atoms with Gasteiger partial charge in [0.1, 0.15) is 5.75 Å². The van der Waals surface area contributed by atoms with E-state index in [0.29, 0.717) is 19.8 Å². The first-order valence-corrected chi connectivity index (χ1v) is 5.73. The zero-order valence-corrected chi connectivity index (χ0v) is 10.1. The van der Waals surface area contributed by atoms with Gasteiger partial charge in [0.15, 0.2) is 0 Å². The molecule has 1 rings (SSSR count). The highest BCUT2D eigenvalue weighted by atomic mass is 16.5. The summed E-state index contributed by atoms with van der Waals surface area (Å²) in [5, 5.41) is 0. The van der Waals surface area contributed by atoms with Crippen LogP contribution in [0.25, 0.3) is 0 Å². The van der Waals surface area contributed by atoms with Crippen LogP contribution in [-0.4, -0.2) is 25.9 Å². The van der Waals surface area contributed by atoms with Gasteiger partial charge in [-0.1, -0.05) is 17.7 Å². The zero-order valence-electron chi connectivity index (χ0n) is 10.1. The standard InChI is InChI=1S/C13H21NO2/c1-11-4-6-13(7-5-11)16-9-3-8-15-12(2)10-14/h4-7,12H,3,8-10,14H2,1-2H3. The van der Waals surface area contributed by atoms with Crippen LogP contribution in [0.5, 0.6) is 5.75 Å². The van der Waals surface area contributed by atoms with Crippen molar-refractivity contribution in [2.45, 2.75) is 26.4 Å².